The molecule has 0 bridgehead atoms. The van der Waals surface area contributed by atoms with Crippen LogP contribution in [0.2, 0.25) is 0 Å². The number of rotatable bonds is 7. The average molecular weight is 366 g/mol. The Morgan fingerprint density at radius 2 is 1.74 bits per heavy atom. The number of ether oxygens (including phenoxy) is 1. The summed E-state index contributed by atoms with van der Waals surface area (Å²) in [5, 5.41) is 2.88. The Hall–Kier alpha value is -2.82. The molecule has 1 fully saturated rings. The Kier molecular flexibility index (Phi) is 6.47. The Morgan fingerprint density at radius 1 is 1.04 bits per heavy atom. The largest absolute Gasteiger partial charge is 0.494 e. The number of amides is 2. The van der Waals surface area contributed by atoms with E-state index in [0.717, 1.165) is 44.5 Å². The molecule has 2 amide bonds. The van der Waals surface area contributed by atoms with E-state index in [1.807, 2.05) is 17.0 Å². The topological polar surface area (TPSA) is 58.6 Å². The molecule has 0 radical (unpaired) electrons. The summed E-state index contributed by atoms with van der Waals surface area (Å²) in [5.74, 6) is 0.490. The SMILES string of the molecule is CCCCOc1ccc(C(=O)Nc2ccccc2C(=O)N2CCCC2)cc1. The van der Waals surface area contributed by atoms with Crippen molar-refractivity contribution in [1.29, 1.82) is 0 Å². The lowest BCUT2D eigenvalue weighted by Gasteiger charge is -2.18. The van der Waals surface area contributed by atoms with Crippen LogP contribution in [0.3, 0.4) is 0 Å². The fourth-order valence-corrected chi connectivity index (χ4v) is 3.10. The van der Waals surface area contributed by atoms with Gasteiger partial charge in [0.15, 0.2) is 0 Å². The molecular weight excluding hydrogens is 340 g/mol. The summed E-state index contributed by atoms with van der Waals surface area (Å²) >= 11 is 0. The Balaban J connectivity index is 1.68. The first-order valence-corrected chi connectivity index (χ1v) is 9.61. The summed E-state index contributed by atoms with van der Waals surface area (Å²) < 4.78 is 5.63. The van der Waals surface area contributed by atoms with Gasteiger partial charge in [-0.05, 0) is 55.7 Å². The van der Waals surface area contributed by atoms with Crippen molar-refractivity contribution >= 4 is 17.5 Å². The maximum absolute atomic E-state index is 12.7. The van der Waals surface area contributed by atoms with E-state index in [1.165, 1.54) is 0 Å². The zero-order valence-corrected chi connectivity index (χ0v) is 15.7. The van der Waals surface area contributed by atoms with Crippen molar-refractivity contribution < 1.29 is 14.3 Å². The van der Waals surface area contributed by atoms with E-state index in [-0.39, 0.29) is 11.8 Å². The van der Waals surface area contributed by atoms with Crippen LogP contribution in [-0.2, 0) is 0 Å². The first-order chi connectivity index (χ1) is 13.2. The van der Waals surface area contributed by atoms with E-state index >= 15 is 0 Å². The highest BCUT2D eigenvalue weighted by molar-refractivity contribution is 6.09. The van der Waals surface area contributed by atoms with Crippen LogP contribution in [0.25, 0.3) is 0 Å². The van der Waals surface area contributed by atoms with Crippen LogP contribution in [-0.4, -0.2) is 36.4 Å². The zero-order chi connectivity index (χ0) is 19.1. The molecule has 5 nitrogen and oxygen atoms in total. The van der Waals surface area contributed by atoms with Gasteiger partial charge in [0.25, 0.3) is 11.8 Å². The number of hydrogen-bond donors (Lipinski definition) is 1. The second-order valence-corrected chi connectivity index (χ2v) is 6.73. The van der Waals surface area contributed by atoms with E-state index in [1.54, 1.807) is 36.4 Å². The molecular formula is C22H26N2O3. The lowest BCUT2D eigenvalue weighted by molar-refractivity contribution is 0.0794. The van der Waals surface area contributed by atoms with Crippen molar-refractivity contribution in [3.05, 3.63) is 59.7 Å². The molecule has 5 heteroatoms. The van der Waals surface area contributed by atoms with Crippen LogP contribution in [0.15, 0.2) is 48.5 Å². The maximum Gasteiger partial charge on any atom is 0.255 e. The zero-order valence-electron chi connectivity index (χ0n) is 15.7. The predicted molar refractivity (Wildman–Crippen MR) is 106 cm³/mol. The van der Waals surface area contributed by atoms with Crippen molar-refractivity contribution in [2.45, 2.75) is 32.6 Å². The van der Waals surface area contributed by atoms with Gasteiger partial charge in [-0.3, -0.25) is 9.59 Å². The van der Waals surface area contributed by atoms with E-state index in [9.17, 15) is 9.59 Å². The van der Waals surface area contributed by atoms with Crippen molar-refractivity contribution in [2.75, 3.05) is 25.0 Å². The minimum Gasteiger partial charge on any atom is -0.494 e. The number of para-hydroxylation sites is 1. The lowest BCUT2D eigenvalue weighted by Crippen LogP contribution is -2.28. The molecule has 0 spiro atoms. The van der Waals surface area contributed by atoms with E-state index < -0.39 is 0 Å². The van der Waals surface area contributed by atoms with E-state index in [4.69, 9.17) is 4.74 Å². The summed E-state index contributed by atoms with van der Waals surface area (Å²) in [6.07, 6.45) is 4.15. The van der Waals surface area contributed by atoms with Crippen LogP contribution >= 0.6 is 0 Å². The Morgan fingerprint density at radius 3 is 2.44 bits per heavy atom. The van der Waals surface area contributed by atoms with Gasteiger partial charge in [-0.2, -0.15) is 0 Å². The highest BCUT2D eigenvalue weighted by Crippen LogP contribution is 2.21. The molecule has 0 aromatic heterocycles. The number of carbonyl (C=O) groups excluding carboxylic acids is 2. The van der Waals surface area contributed by atoms with E-state index in [0.29, 0.717) is 23.4 Å². The van der Waals surface area contributed by atoms with Crippen LogP contribution in [0.4, 0.5) is 5.69 Å². The van der Waals surface area contributed by atoms with Gasteiger partial charge in [-0.1, -0.05) is 25.5 Å². The molecule has 27 heavy (non-hydrogen) atoms. The molecule has 1 aliphatic heterocycles. The van der Waals surface area contributed by atoms with Gasteiger partial charge in [0, 0.05) is 18.7 Å². The monoisotopic (exact) mass is 366 g/mol. The summed E-state index contributed by atoms with van der Waals surface area (Å²) in [7, 11) is 0. The van der Waals surface area contributed by atoms with E-state index in [2.05, 4.69) is 12.2 Å². The second-order valence-electron chi connectivity index (χ2n) is 6.73. The Labute approximate surface area is 160 Å². The van der Waals surface area contributed by atoms with Crippen molar-refractivity contribution in [3.8, 4) is 5.75 Å². The van der Waals surface area contributed by atoms with Gasteiger partial charge in [0.2, 0.25) is 0 Å². The number of nitrogens with zero attached hydrogens (tertiary/aromatic N) is 1. The van der Waals surface area contributed by atoms with Crippen LogP contribution in [0.5, 0.6) is 5.75 Å². The number of likely N-dealkylation sites (tertiary alicyclic amines) is 1. The lowest BCUT2D eigenvalue weighted by atomic mass is 10.1. The summed E-state index contributed by atoms with van der Waals surface area (Å²) in [4.78, 5) is 27.2. The molecule has 1 N–H and O–H groups in total. The summed E-state index contributed by atoms with van der Waals surface area (Å²) in [5.41, 5.74) is 1.61. The fraction of sp³-hybridized carbons (Fsp3) is 0.364. The molecule has 2 aromatic rings. The third-order valence-corrected chi connectivity index (χ3v) is 4.68. The number of hydrogen-bond acceptors (Lipinski definition) is 3. The van der Waals surface area contributed by atoms with Crippen LogP contribution < -0.4 is 10.1 Å². The highest BCUT2D eigenvalue weighted by atomic mass is 16.5. The summed E-state index contributed by atoms with van der Waals surface area (Å²) in [6, 6.07) is 14.2. The van der Waals surface area contributed by atoms with Crippen molar-refractivity contribution in [3.63, 3.8) is 0 Å². The van der Waals surface area contributed by atoms with Gasteiger partial charge in [-0.25, -0.2) is 0 Å². The number of anilines is 1. The molecule has 1 saturated heterocycles. The molecule has 0 saturated carbocycles. The number of nitrogens with one attached hydrogen (secondary N) is 1. The van der Waals surface area contributed by atoms with Gasteiger partial charge in [0.1, 0.15) is 5.75 Å². The van der Waals surface area contributed by atoms with Gasteiger partial charge < -0.3 is 15.0 Å². The Bertz CT molecular complexity index is 780. The minimum absolute atomic E-state index is 0.0249. The fourth-order valence-electron chi connectivity index (χ4n) is 3.10. The predicted octanol–water partition coefficient (Wildman–Crippen LogP) is 4.35. The first kappa shape index (κ1) is 19.0. The molecule has 0 aliphatic carbocycles. The molecule has 2 aromatic carbocycles. The van der Waals surface area contributed by atoms with Gasteiger partial charge in [0.05, 0.1) is 17.9 Å². The standard InChI is InChI=1S/C22H26N2O3/c1-2-3-16-27-18-12-10-17(11-13-18)21(25)23-20-9-5-4-8-19(20)22(26)24-14-6-7-15-24/h4-5,8-13H,2-3,6-7,14-16H2,1H3,(H,23,25). The third-order valence-electron chi connectivity index (χ3n) is 4.68. The molecule has 1 aliphatic rings. The molecule has 0 atom stereocenters. The average Bonchev–Trinajstić information content (AvgIpc) is 3.23. The molecule has 3 rings (SSSR count). The molecule has 0 unspecified atom stereocenters. The number of carbonyl (C=O) groups is 2. The normalized spacial score (nSPS) is 13.4. The first-order valence-electron chi connectivity index (χ1n) is 9.61. The van der Waals surface area contributed by atoms with Crippen LogP contribution in [0.1, 0.15) is 53.3 Å². The number of unbranched alkanes of at least 4 members (excludes halogenated alkanes) is 1. The van der Waals surface area contributed by atoms with Crippen molar-refractivity contribution in [2.24, 2.45) is 0 Å². The summed E-state index contributed by atoms with van der Waals surface area (Å²) in [6.45, 7) is 4.35. The molecule has 142 valence electrons. The minimum atomic E-state index is -0.239. The van der Waals surface area contributed by atoms with Crippen molar-refractivity contribution in [1.82, 2.24) is 4.90 Å². The second kappa shape index (κ2) is 9.21. The molecule has 1 heterocycles. The highest BCUT2D eigenvalue weighted by Gasteiger charge is 2.22. The third kappa shape index (κ3) is 4.88. The number of benzene rings is 2. The van der Waals surface area contributed by atoms with Gasteiger partial charge >= 0.3 is 0 Å². The maximum atomic E-state index is 12.7. The quantitative estimate of drug-likeness (QED) is 0.741. The smallest absolute Gasteiger partial charge is 0.255 e. The van der Waals surface area contributed by atoms with Gasteiger partial charge in [-0.15, -0.1) is 0 Å². The van der Waals surface area contributed by atoms with Crippen LogP contribution in [0, 0.1) is 0 Å².